The van der Waals surface area contributed by atoms with E-state index in [1.807, 2.05) is 0 Å². The second-order valence-electron chi connectivity index (χ2n) is 7.67. The largest absolute Gasteiger partial charge is 0.370 e. The monoisotopic (exact) mass is 365 g/mol. The normalized spacial score (nSPS) is 19.1. The molecule has 1 aromatic rings. The molecule has 25 heavy (non-hydrogen) atoms. The average Bonchev–Trinajstić information content (AvgIpc) is 3.00. The van der Waals surface area contributed by atoms with Gasteiger partial charge in [0.15, 0.2) is 5.96 Å². The van der Waals surface area contributed by atoms with E-state index in [4.69, 9.17) is 15.7 Å². The summed E-state index contributed by atoms with van der Waals surface area (Å²) >= 11 is 1.67. The summed E-state index contributed by atoms with van der Waals surface area (Å²) in [4.78, 5) is 23.0. The van der Waals surface area contributed by atoms with Crippen LogP contribution in [0, 0.1) is 5.92 Å². The second kappa shape index (κ2) is 8.65. The van der Waals surface area contributed by atoms with E-state index < -0.39 is 0 Å². The van der Waals surface area contributed by atoms with E-state index in [0.717, 1.165) is 49.1 Å². The molecule has 0 aromatic carbocycles. The molecule has 2 heterocycles. The zero-order valence-corrected chi connectivity index (χ0v) is 16.7. The summed E-state index contributed by atoms with van der Waals surface area (Å²) < 4.78 is 0. The van der Waals surface area contributed by atoms with Gasteiger partial charge in [-0.3, -0.25) is 4.79 Å². The number of amides is 1. The number of primary amides is 1. The summed E-state index contributed by atoms with van der Waals surface area (Å²) in [6, 6.07) is 0. The fraction of sp³-hybridized carbons (Fsp3) is 0.722. The molecule has 0 aliphatic carbocycles. The number of likely N-dealkylation sites (tertiary alicyclic amines) is 1. The van der Waals surface area contributed by atoms with Crippen LogP contribution in [-0.4, -0.2) is 41.4 Å². The third kappa shape index (κ3) is 5.99. The summed E-state index contributed by atoms with van der Waals surface area (Å²) in [6.07, 6.45) is 2.57. The van der Waals surface area contributed by atoms with E-state index in [9.17, 15) is 4.79 Å². The Morgan fingerprint density at radius 3 is 2.88 bits per heavy atom. The van der Waals surface area contributed by atoms with E-state index in [2.05, 4.69) is 43.3 Å². The zero-order valence-electron chi connectivity index (χ0n) is 15.8. The Kier molecular flexibility index (Phi) is 6.81. The van der Waals surface area contributed by atoms with Crippen molar-refractivity contribution in [2.45, 2.75) is 58.9 Å². The molecule has 1 aliphatic heterocycles. The second-order valence-corrected chi connectivity index (χ2v) is 8.61. The average molecular weight is 366 g/mol. The molecule has 140 valence electrons. The third-order valence-corrected chi connectivity index (χ3v) is 5.16. The highest BCUT2D eigenvalue weighted by Crippen LogP contribution is 2.24. The van der Waals surface area contributed by atoms with Crippen LogP contribution in [0.4, 0.5) is 0 Å². The highest BCUT2D eigenvalue weighted by molar-refractivity contribution is 7.09. The Balaban J connectivity index is 2.04. The Hall–Kier alpha value is -1.63. The molecule has 1 atom stereocenters. The van der Waals surface area contributed by atoms with Gasteiger partial charge in [0.25, 0.3) is 0 Å². The van der Waals surface area contributed by atoms with Crippen LogP contribution in [0.1, 0.15) is 57.7 Å². The molecule has 7 heteroatoms. The summed E-state index contributed by atoms with van der Waals surface area (Å²) in [7, 11) is 0. The van der Waals surface area contributed by atoms with Gasteiger partial charge in [0.1, 0.15) is 5.01 Å². The van der Waals surface area contributed by atoms with Crippen molar-refractivity contribution < 1.29 is 4.79 Å². The van der Waals surface area contributed by atoms with Gasteiger partial charge >= 0.3 is 0 Å². The van der Waals surface area contributed by atoms with E-state index in [1.54, 1.807) is 11.3 Å². The van der Waals surface area contributed by atoms with Crippen LogP contribution in [0.3, 0.4) is 0 Å². The Labute approximate surface area is 154 Å². The van der Waals surface area contributed by atoms with Gasteiger partial charge in [0.2, 0.25) is 5.91 Å². The van der Waals surface area contributed by atoms with Gasteiger partial charge in [-0.2, -0.15) is 0 Å². The van der Waals surface area contributed by atoms with Crippen molar-refractivity contribution in [3.63, 3.8) is 0 Å². The molecule has 3 N–H and O–H groups in total. The quantitative estimate of drug-likeness (QED) is 0.620. The number of nitrogens with two attached hydrogens (primary N) is 1. The molecule has 0 bridgehead atoms. The number of rotatable bonds is 5. The van der Waals surface area contributed by atoms with E-state index in [0.29, 0.717) is 18.9 Å². The van der Waals surface area contributed by atoms with E-state index >= 15 is 0 Å². The van der Waals surface area contributed by atoms with Gasteiger partial charge in [-0.05, 0) is 25.7 Å². The van der Waals surface area contributed by atoms with Crippen molar-refractivity contribution in [1.29, 1.82) is 0 Å². The molecule has 1 fully saturated rings. The zero-order chi connectivity index (χ0) is 18.4. The van der Waals surface area contributed by atoms with Crippen molar-refractivity contribution in [3.8, 4) is 0 Å². The van der Waals surface area contributed by atoms with Gasteiger partial charge in [0, 0.05) is 36.9 Å². The number of carbonyl (C=O) groups excluding carboxylic acids is 1. The van der Waals surface area contributed by atoms with Crippen molar-refractivity contribution >= 4 is 23.2 Å². The van der Waals surface area contributed by atoms with Crippen molar-refractivity contribution in [2.24, 2.45) is 16.6 Å². The first kappa shape index (κ1) is 19.7. The Morgan fingerprint density at radius 1 is 1.52 bits per heavy atom. The van der Waals surface area contributed by atoms with Crippen molar-refractivity contribution in [2.75, 3.05) is 19.6 Å². The molecule has 1 aromatic heterocycles. The van der Waals surface area contributed by atoms with Crippen LogP contribution >= 0.6 is 11.3 Å². The Morgan fingerprint density at radius 2 is 2.28 bits per heavy atom. The molecule has 1 aliphatic rings. The first-order valence-electron chi connectivity index (χ1n) is 9.06. The lowest BCUT2D eigenvalue weighted by Crippen LogP contribution is -2.47. The fourth-order valence-corrected chi connectivity index (χ4v) is 3.95. The molecular formula is C18H31N5OS. The standard InChI is InChI=1S/C18H31N5OS/c1-5-20-17(23-8-6-7-13(11-23)9-15(19)24)21-10-16-22-14(12-25-16)18(2,3)4/h12-13H,5-11H2,1-4H3,(H2,19,24)(H,20,21). The number of hydrogen-bond acceptors (Lipinski definition) is 4. The minimum Gasteiger partial charge on any atom is -0.370 e. The molecule has 0 saturated carbocycles. The number of carbonyl (C=O) groups is 1. The van der Waals surface area contributed by atoms with Crippen LogP contribution in [0.25, 0.3) is 0 Å². The molecule has 6 nitrogen and oxygen atoms in total. The van der Waals surface area contributed by atoms with Crippen LogP contribution < -0.4 is 11.1 Å². The number of nitrogens with one attached hydrogen (secondary N) is 1. The minimum absolute atomic E-state index is 0.0673. The summed E-state index contributed by atoms with van der Waals surface area (Å²) in [5.74, 6) is 1.01. The lowest BCUT2D eigenvalue weighted by Gasteiger charge is -2.34. The van der Waals surface area contributed by atoms with Crippen LogP contribution in [0.5, 0.6) is 0 Å². The first-order valence-corrected chi connectivity index (χ1v) is 9.94. The fourth-order valence-electron chi connectivity index (χ4n) is 3.00. The maximum atomic E-state index is 11.2. The van der Waals surface area contributed by atoms with E-state index in [1.165, 1.54) is 0 Å². The van der Waals surface area contributed by atoms with Gasteiger partial charge in [-0.25, -0.2) is 9.98 Å². The third-order valence-electron chi connectivity index (χ3n) is 4.33. The lowest BCUT2D eigenvalue weighted by molar-refractivity contribution is -0.119. The Bertz CT molecular complexity index is 605. The van der Waals surface area contributed by atoms with Gasteiger partial charge in [0.05, 0.1) is 12.2 Å². The van der Waals surface area contributed by atoms with Crippen LogP contribution in [0.2, 0.25) is 0 Å². The lowest BCUT2D eigenvalue weighted by atomic mass is 9.93. The van der Waals surface area contributed by atoms with Gasteiger partial charge in [-0.15, -0.1) is 11.3 Å². The number of piperidine rings is 1. The number of aromatic nitrogens is 1. The van der Waals surface area contributed by atoms with Gasteiger partial charge in [-0.1, -0.05) is 20.8 Å². The summed E-state index contributed by atoms with van der Waals surface area (Å²) in [5.41, 5.74) is 6.55. The van der Waals surface area contributed by atoms with E-state index in [-0.39, 0.29) is 11.3 Å². The predicted octanol–water partition coefficient (Wildman–Crippen LogP) is 2.49. The van der Waals surface area contributed by atoms with Crippen LogP contribution in [-0.2, 0) is 16.8 Å². The molecule has 1 unspecified atom stereocenters. The molecule has 1 saturated heterocycles. The van der Waals surface area contributed by atoms with Crippen molar-refractivity contribution in [3.05, 3.63) is 16.1 Å². The maximum absolute atomic E-state index is 11.2. The first-order chi connectivity index (χ1) is 11.8. The number of guanidine groups is 1. The van der Waals surface area contributed by atoms with Gasteiger partial charge < -0.3 is 16.0 Å². The maximum Gasteiger partial charge on any atom is 0.217 e. The SMILES string of the molecule is CCNC(=NCc1nc(C(C)(C)C)cs1)N1CCCC(CC(N)=O)C1. The number of aliphatic imine (C=N–C) groups is 1. The van der Waals surface area contributed by atoms with Crippen molar-refractivity contribution in [1.82, 2.24) is 15.2 Å². The highest BCUT2D eigenvalue weighted by atomic mass is 32.1. The number of thiazole rings is 1. The molecule has 2 rings (SSSR count). The number of nitrogens with zero attached hydrogens (tertiary/aromatic N) is 3. The predicted molar refractivity (Wildman–Crippen MR) is 104 cm³/mol. The molecule has 1 amide bonds. The smallest absolute Gasteiger partial charge is 0.217 e. The summed E-state index contributed by atoms with van der Waals surface area (Å²) in [5, 5.41) is 6.53. The molecule has 0 radical (unpaired) electrons. The molecular weight excluding hydrogens is 334 g/mol. The van der Waals surface area contributed by atoms with Crippen LogP contribution in [0.15, 0.2) is 10.4 Å². The molecule has 0 spiro atoms. The topological polar surface area (TPSA) is 83.6 Å². The summed E-state index contributed by atoms with van der Waals surface area (Å²) in [6.45, 7) is 11.8. The minimum atomic E-state index is -0.216. The highest BCUT2D eigenvalue weighted by Gasteiger charge is 2.23. The number of hydrogen-bond donors (Lipinski definition) is 2.